The molecule has 4 rings (SSSR count). The van der Waals surface area contributed by atoms with E-state index in [0.717, 1.165) is 31.5 Å². The number of aryl methyl sites for hydroxylation is 1. The van der Waals surface area contributed by atoms with Crippen LogP contribution < -0.4 is 4.74 Å². The summed E-state index contributed by atoms with van der Waals surface area (Å²) < 4.78 is 11.1. The number of carbonyl (C=O) groups excluding carboxylic acids is 2. The molecule has 0 saturated carbocycles. The van der Waals surface area contributed by atoms with Crippen molar-refractivity contribution in [3.8, 4) is 5.75 Å². The number of rotatable bonds is 9. The Hall–Kier alpha value is -3.16. The predicted molar refractivity (Wildman–Crippen MR) is 134 cm³/mol. The highest BCUT2D eigenvalue weighted by Crippen LogP contribution is 2.39. The first-order valence-electron chi connectivity index (χ1n) is 12.4. The highest BCUT2D eigenvalue weighted by atomic mass is 16.5. The molecule has 186 valence electrons. The molecule has 2 fully saturated rings. The number of hydrogen-bond donors (Lipinski definition) is 1. The summed E-state index contributed by atoms with van der Waals surface area (Å²) >= 11 is 0. The number of aliphatic hydroxyl groups is 1. The lowest BCUT2D eigenvalue weighted by molar-refractivity contribution is -0.140. The van der Waals surface area contributed by atoms with Crippen LogP contribution in [0.5, 0.6) is 5.75 Å². The number of nitrogens with zero attached hydrogens (tertiary/aromatic N) is 2. The van der Waals surface area contributed by atoms with Crippen molar-refractivity contribution >= 4 is 17.4 Å². The zero-order valence-electron chi connectivity index (χ0n) is 20.5. The number of amides is 1. The number of hydrogen-bond acceptors (Lipinski definition) is 6. The SMILES string of the molecule is CCCOc1ccc(/C(O)=C2\C(=O)C(=O)N(CCN3CCOCC3)C2c2ccc(CC)cc2)cc1. The average molecular weight is 479 g/mol. The molecule has 7 heteroatoms. The lowest BCUT2D eigenvalue weighted by Crippen LogP contribution is -2.42. The van der Waals surface area contributed by atoms with Crippen molar-refractivity contribution in [2.75, 3.05) is 46.0 Å². The van der Waals surface area contributed by atoms with Gasteiger partial charge in [-0.05, 0) is 48.2 Å². The van der Waals surface area contributed by atoms with Crippen LogP contribution in [0, 0.1) is 0 Å². The van der Waals surface area contributed by atoms with E-state index in [4.69, 9.17) is 9.47 Å². The van der Waals surface area contributed by atoms with E-state index in [0.29, 0.717) is 44.2 Å². The summed E-state index contributed by atoms with van der Waals surface area (Å²) in [6.07, 6.45) is 1.79. The molecule has 0 radical (unpaired) electrons. The van der Waals surface area contributed by atoms with Crippen LogP contribution in [0.4, 0.5) is 0 Å². The maximum Gasteiger partial charge on any atom is 0.295 e. The Balaban J connectivity index is 1.68. The van der Waals surface area contributed by atoms with E-state index in [1.165, 1.54) is 5.56 Å². The summed E-state index contributed by atoms with van der Waals surface area (Å²) in [5, 5.41) is 11.3. The van der Waals surface area contributed by atoms with Crippen LogP contribution in [-0.2, 0) is 20.7 Å². The normalized spacial score (nSPS) is 20.4. The second kappa shape index (κ2) is 11.5. The molecule has 2 aromatic rings. The number of Topliss-reactive ketones (excluding diaryl/α,β-unsaturated/α-hetero) is 1. The molecule has 7 nitrogen and oxygen atoms in total. The van der Waals surface area contributed by atoms with Crippen molar-refractivity contribution < 1.29 is 24.2 Å². The number of carbonyl (C=O) groups is 2. The van der Waals surface area contributed by atoms with Crippen LogP contribution in [0.2, 0.25) is 0 Å². The zero-order chi connectivity index (χ0) is 24.8. The Morgan fingerprint density at radius 1 is 1.00 bits per heavy atom. The first-order chi connectivity index (χ1) is 17.0. The highest BCUT2D eigenvalue weighted by Gasteiger charge is 2.46. The van der Waals surface area contributed by atoms with E-state index in [1.807, 2.05) is 31.2 Å². The van der Waals surface area contributed by atoms with Gasteiger partial charge in [0.25, 0.3) is 11.7 Å². The summed E-state index contributed by atoms with van der Waals surface area (Å²) in [4.78, 5) is 30.2. The maximum absolute atomic E-state index is 13.2. The second-order valence-corrected chi connectivity index (χ2v) is 8.91. The molecule has 0 spiro atoms. The van der Waals surface area contributed by atoms with Gasteiger partial charge in [0, 0.05) is 31.7 Å². The van der Waals surface area contributed by atoms with Crippen LogP contribution in [0.15, 0.2) is 54.1 Å². The van der Waals surface area contributed by atoms with Crippen LogP contribution >= 0.6 is 0 Å². The van der Waals surface area contributed by atoms with Crippen LogP contribution in [0.3, 0.4) is 0 Å². The summed E-state index contributed by atoms with van der Waals surface area (Å²) in [6.45, 7) is 8.68. The fraction of sp³-hybridized carbons (Fsp3) is 0.429. The minimum Gasteiger partial charge on any atom is -0.507 e. The maximum atomic E-state index is 13.2. The molecule has 2 saturated heterocycles. The van der Waals surface area contributed by atoms with Gasteiger partial charge in [-0.1, -0.05) is 38.1 Å². The Morgan fingerprint density at radius 2 is 1.69 bits per heavy atom. The van der Waals surface area contributed by atoms with Crippen molar-refractivity contribution in [1.82, 2.24) is 9.80 Å². The first kappa shape index (κ1) is 24.9. The van der Waals surface area contributed by atoms with E-state index in [-0.39, 0.29) is 11.3 Å². The van der Waals surface area contributed by atoms with Gasteiger partial charge in [0.05, 0.1) is 31.4 Å². The zero-order valence-corrected chi connectivity index (χ0v) is 20.5. The summed E-state index contributed by atoms with van der Waals surface area (Å²) in [5.41, 5.74) is 2.59. The van der Waals surface area contributed by atoms with Gasteiger partial charge in [-0.25, -0.2) is 0 Å². The van der Waals surface area contributed by atoms with E-state index in [9.17, 15) is 14.7 Å². The number of ether oxygens (including phenoxy) is 2. The largest absolute Gasteiger partial charge is 0.507 e. The molecule has 1 N–H and O–H groups in total. The molecule has 2 aromatic carbocycles. The second-order valence-electron chi connectivity index (χ2n) is 8.91. The Morgan fingerprint density at radius 3 is 2.31 bits per heavy atom. The molecular formula is C28H34N2O5. The van der Waals surface area contributed by atoms with Gasteiger partial charge in [0.2, 0.25) is 0 Å². The quantitative estimate of drug-likeness (QED) is 0.336. The fourth-order valence-electron chi connectivity index (χ4n) is 4.55. The van der Waals surface area contributed by atoms with Crippen LogP contribution in [0.25, 0.3) is 5.76 Å². The Bertz CT molecular complexity index is 1060. The summed E-state index contributed by atoms with van der Waals surface area (Å²) in [6, 6.07) is 14.3. The Labute approximate surface area is 206 Å². The van der Waals surface area contributed by atoms with Crippen molar-refractivity contribution in [3.05, 3.63) is 70.8 Å². The lowest BCUT2D eigenvalue weighted by Gasteiger charge is -2.31. The molecule has 1 amide bonds. The van der Waals surface area contributed by atoms with Crippen molar-refractivity contribution in [1.29, 1.82) is 0 Å². The minimum absolute atomic E-state index is 0.128. The summed E-state index contributed by atoms with van der Waals surface area (Å²) in [7, 11) is 0. The third-order valence-corrected chi connectivity index (χ3v) is 6.61. The van der Waals surface area contributed by atoms with Gasteiger partial charge in [0.15, 0.2) is 0 Å². The summed E-state index contributed by atoms with van der Waals surface area (Å²) in [5.74, 6) is -0.697. The number of aliphatic hydroxyl groups excluding tert-OH is 1. The van der Waals surface area contributed by atoms with Crippen molar-refractivity contribution in [2.45, 2.75) is 32.7 Å². The van der Waals surface area contributed by atoms with E-state index in [1.54, 1.807) is 29.2 Å². The standard InChI is InChI=1S/C28H34N2O5/c1-3-17-35-23-11-9-22(10-12-23)26(31)24-25(21-7-5-20(4-2)6-8-21)30(28(33)27(24)32)14-13-29-15-18-34-19-16-29/h5-12,25,31H,3-4,13-19H2,1-2H3/b26-24+. The highest BCUT2D eigenvalue weighted by molar-refractivity contribution is 6.46. The van der Waals surface area contributed by atoms with Crippen molar-refractivity contribution in [3.63, 3.8) is 0 Å². The van der Waals surface area contributed by atoms with Gasteiger partial charge < -0.3 is 19.5 Å². The molecule has 0 aliphatic carbocycles. The third-order valence-electron chi connectivity index (χ3n) is 6.61. The minimum atomic E-state index is -0.652. The molecule has 35 heavy (non-hydrogen) atoms. The lowest BCUT2D eigenvalue weighted by atomic mass is 9.94. The number of ketones is 1. The van der Waals surface area contributed by atoms with E-state index in [2.05, 4.69) is 11.8 Å². The molecule has 2 aliphatic heterocycles. The number of benzene rings is 2. The van der Waals surface area contributed by atoms with Crippen molar-refractivity contribution in [2.24, 2.45) is 0 Å². The molecule has 1 atom stereocenters. The molecule has 1 unspecified atom stereocenters. The van der Waals surface area contributed by atoms with Crippen LogP contribution in [-0.4, -0.2) is 72.6 Å². The smallest absolute Gasteiger partial charge is 0.295 e. The third kappa shape index (κ3) is 5.57. The molecule has 0 aromatic heterocycles. The molecule has 2 aliphatic rings. The predicted octanol–water partition coefficient (Wildman–Crippen LogP) is 3.79. The molecule has 2 heterocycles. The number of likely N-dealkylation sites (tertiary alicyclic amines) is 1. The van der Waals surface area contributed by atoms with Gasteiger partial charge >= 0.3 is 0 Å². The van der Waals surface area contributed by atoms with Gasteiger partial charge in [-0.3, -0.25) is 14.5 Å². The molecular weight excluding hydrogens is 444 g/mol. The van der Waals surface area contributed by atoms with Gasteiger partial charge in [-0.2, -0.15) is 0 Å². The van der Waals surface area contributed by atoms with Gasteiger partial charge in [-0.15, -0.1) is 0 Å². The fourth-order valence-corrected chi connectivity index (χ4v) is 4.55. The van der Waals surface area contributed by atoms with Gasteiger partial charge in [0.1, 0.15) is 11.5 Å². The molecule has 0 bridgehead atoms. The average Bonchev–Trinajstić information content (AvgIpc) is 3.16. The van der Waals surface area contributed by atoms with E-state index >= 15 is 0 Å². The Kier molecular flexibility index (Phi) is 8.21. The van der Waals surface area contributed by atoms with Crippen LogP contribution in [0.1, 0.15) is 43.0 Å². The topological polar surface area (TPSA) is 79.3 Å². The number of morpholine rings is 1. The first-order valence-corrected chi connectivity index (χ1v) is 12.4. The monoisotopic (exact) mass is 478 g/mol. The van der Waals surface area contributed by atoms with E-state index < -0.39 is 17.7 Å².